The molecule has 0 rings (SSSR count). The molecule has 0 amide bonds. The summed E-state index contributed by atoms with van der Waals surface area (Å²) in [5.74, 6) is -1.15. The van der Waals surface area contributed by atoms with Crippen LogP contribution in [-0.2, 0) is 15.9 Å². The predicted molar refractivity (Wildman–Crippen MR) is 40.5 cm³/mol. The van der Waals surface area contributed by atoms with Gasteiger partial charge in [-0.15, -0.1) is 0 Å². The van der Waals surface area contributed by atoms with Crippen LogP contribution in [-0.4, -0.2) is 31.1 Å². The Hall–Kier alpha value is -0.460. The van der Waals surface area contributed by atoms with Gasteiger partial charge in [-0.25, -0.2) is 4.21 Å². The van der Waals surface area contributed by atoms with Crippen molar-refractivity contribution in [1.29, 1.82) is 0 Å². The quantitative estimate of drug-likeness (QED) is 0.503. The van der Waals surface area contributed by atoms with Gasteiger partial charge < -0.3 is 15.4 Å². The molecular weight excluding hydrogens is 170 g/mol. The van der Waals surface area contributed by atoms with Crippen molar-refractivity contribution < 1.29 is 18.7 Å². The van der Waals surface area contributed by atoms with Crippen molar-refractivity contribution in [3.63, 3.8) is 0 Å². The maximum atomic E-state index is 10.3. The average Bonchev–Trinajstić information content (AvgIpc) is 1.87. The van der Waals surface area contributed by atoms with Crippen LogP contribution >= 0.6 is 0 Å². The highest BCUT2D eigenvalue weighted by atomic mass is 32.2. The van der Waals surface area contributed by atoms with Crippen molar-refractivity contribution in [2.75, 3.05) is 0 Å². The summed E-state index contributed by atoms with van der Waals surface area (Å²) in [4.78, 5) is 10.2. The molecule has 3 unspecified atom stereocenters. The fourth-order valence-electron chi connectivity index (χ4n) is 0.541. The lowest BCUT2D eigenvalue weighted by atomic mass is 10.2. The zero-order valence-electron chi connectivity index (χ0n) is 6.06. The maximum Gasteiger partial charge on any atom is 0.320 e. The molecule has 0 fully saturated rings. The van der Waals surface area contributed by atoms with E-state index in [1.807, 2.05) is 0 Å². The van der Waals surface area contributed by atoms with Crippen LogP contribution in [0.5, 0.6) is 0 Å². The first kappa shape index (κ1) is 10.5. The topological polar surface area (TPSA) is 101 Å². The smallest absolute Gasteiger partial charge is 0.320 e. The van der Waals surface area contributed by atoms with Gasteiger partial charge in [0.25, 0.3) is 0 Å². The molecule has 0 aromatic heterocycles. The van der Waals surface area contributed by atoms with E-state index in [-0.39, 0.29) is 6.42 Å². The highest BCUT2D eigenvalue weighted by Crippen LogP contribution is 2.01. The van der Waals surface area contributed by atoms with Crippen molar-refractivity contribution in [3.8, 4) is 0 Å². The van der Waals surface area contributed by atoms with E-state index in [9.17, 15) is 9.00 Å². The Kier molecular flexibility index (Phi) is 4.24. The monoisotopic (exact) mass is 181 g/mol. The number of rotatable bonds is 4. The van der Waals surface area contributed by atoms with Gasteiger partial charge in [-0.3, -0.25) is 4.79 Å². The van der Waals surface area contributed by atoms with E-state index in [4.69, 9.17) is 15.4 Å². The number of hydrogen-bond acceptors (Lipinski definition) is 3. The second-order valence-electron chi connectivity index (χ2n) is 2.27. The molecule has 0 saturated heterocycles. The zero-order chi connectivity index (χ0) is 9.02. The van der Waals surface area contributed by atoms with Gasteiger partial charge in [-0.2, -0.15) is 0 Å². The number of aliphatic carboxylic acids is 1. The number of nitrogens with two attached hydrogens (primary N) is 1. The van der Waals surface area contributed by atoms with Crippen LogP contribution in [0.1, 0.15) is 13.3 Å². The Morgan fingerprint density at radius 3 is 2.45 bits per heavy atom. The van der Waals surface area contributed by atoms with E-state index in [0.717, 1.165) is 0 Å². The van der Waals surface area contributed by atoms with Gasteiger partial charge in [0.2, 0.25) is 0 Å². The molecule has 0 aliphatic carbocycles. The van der Waals surface area contributed by atoms with Crippen molar-refractivity contribution in [3.05, 3.63) is 0 Å². The summed E-state index contributed by atoms with van der Waals surface area (Å²) in [6.45, 7) is 1.47. The third-order valence-corrected chi connectivity index (χ3v) is 2.13. The number of carbonyl (C=O) groups is 1. The standard InChI is InChI=1S/C5H11NO4S/c1-3(11(9)10)2-4(6)5(7)8/h3-4H,2,6H2,1H3,(H,7,8)(H,9,10). The normalized spacial score (nSPS) is 18.8. The minimum Gasteiger partial charge on any atom is -0.480 e. The van der Waals surface area contributed by atoms with E-state index in [0.29, 0.717) is 0 Å². The first-order chi connectivity index (χ1) is 4.95. The third-order valence-electron chi connectivity index (χ3n) is 1.25. The van der Waals surface area contributed by atoms with Crippen molar-refractivity contribution in [2.45, 2.75) is 24.6 Å². The molecule has 0 bridgehead atoms. The van der Waals surface area contributed by atoms with Crippen LogP contribution in [0.2, 0.25) is 0 Å². The summed E-state index contributed by atoms with van der Waals surface area (Å²) in [5, 5.41) is 7.71. The van der Waals surface area contributed by atoms with Gasteiger partial charge in [-0.1, -0.05) is 0 Å². The Labute approximate surface area is 66.9 Å². The van der Waals surface area contributed by atoms with Gasteiger partial charge in [0, 0.05) is 0 Å². The molecule has 5 nitrogen and oxygen atoms in total. The summed E-state index contributed by atoms with van der Waals surface area (Å²) in [7, 11) is 0. The lowest BCUT2D eigenvalue weighted by molar-refractivity contribution is -0.138. The summed E-state index contributed by atoms with van der Waals surface area (Å²) in [6, 6.07) is -1.05. The SMILES string of the molecule is CC(CC(N)C(=O)O)S(=O)O. The number of hydrogen-bond donors (Lipinski definition) is 3. The largest absolute Gasteiger partial charge is 0.480 e. The number of carboxylic acid groups (broad SMARTS) is 1. The van der Waals surface area contributed by atoms with E-state index in [1.165, 1.54) is 6.92 Å². The highest BCUT2D eigenvalue weighted by Gasteiger charge is 2.18. The minimum atomic E-state index is -1.99. The second-order valence-corrected chi connectivity index (χ2v) is 3.62. The molecule has 0 aliphatic rings. The Morgan fingerprint density at radius 2 is 2.18 bits per heavy atom. The van der Waals surface area contributed by atoms with E-state index in [1.54, 1.807) is 0 Å². The predicted octanol–water partition coefficient (Wildman–Crippen LogP) is -0.601. The van der Waals surface area contributed by atoms with Crippen molar-refractivity contribution >= 4 is 17.0 Å². The van der Waals surface area contributed by atoms with Gasteiger partial charge in [0.1, 0.15) is 6.04 Å². The third kappa shape index (κ3) is 4.07. The van der Waals surface area contributed by atoms with Crippen LogP contribution in [0.15, 0.2) is 0 Å². The molecule has 0 radical (unpaired) electrons. The van der Waals surface area contributed by atoms with Crippen LogP contribution in [0.4, 0.5) is 0 Å². The molecule has 0 aromatic rings. The van der Waals surface area contributed by atoms with Crippen LogP contribution in [0.3, 0.4) is 0 Å². The Balaban J connectivity index is 3.84. The summed E-state index contributed by atoms with van der Waals surface area (Å²) >= 11 is -1.99. The molecule has 4 N–H and O–H groups in total. The molecular formula is C5H11NO4S. The summed E-state index contributed by atoms with van der Waals surface area (Å²) in [6.07, 6.45) is 0.0123. The molecule has 0 aliphatic heterocycles. The van der Waals surface area contributed by atoms with Crippen LogP contribution in [0.25, 0.3) is 0 Å². The fourth-order valence-corrected chi connectivity index (χ4v) is 0.913. The Bertz CT molecular complexity index is 154. The Morgan fingerprint density at radius 1 is 1.73 bits per heavy atom. The van der Waals surface area contributed by atoms with Gasteiger partial charge >= 0.3 is 5.97 Å². The minimum absolute atomic E-state index is 0.0123. The van der Waals surface area contributed by atoms with E-state index >= 15 is 0 Å². The average molecular weight is 181 g/mol. The molecule has 0 spiro atoms. The van der Waals surface area contributed by atoms with E-state index < -0.39 is 28.3 Å². The van der Waals surface area contributed by atoms with Crippen molar-refractivity contribution in [2.24, 2.45) is 5.73 Å². The summed E-state index contributed by atoms with van der Waals surface area (Å²) in [5.41, 5.74) is 5.11. The lowest BCUT2D eigenvalue weighted by Crippen LogP contribution is -2.34. The van der Waals surface area contributed by atoms with Crippen LogP contribution in [0, 0.1) is 0 Å². The molecule has 6 heteroatoms. The zero-order valence-corrected chi connectivity index (χ0v) is 6.87. The highest BCUT2D eigenvalue weighted by molar-refractivity contribution is 7.79. The van der Waals surface area contributed by atoms with Gasteiger partial charge in [0.15, 0.2) is 11.1 Å². The van der Waals surface area contributed by atoms with Crippen LogP contribution < -0.4 is 5.73 Å². The molecule has 66 valence electrons. The fraction of sp³-hybridized carbons (Fsp3) is 0.800. The molecule has 11 heavy (non-hydrogen) atoms. The molecule has 0 aromatic carbocycles. The first-order valence-electron chi connectivity index (χ1n) is 3.03. The molecule has 0 saturated carbocycles. The molecule has 0 heterocycles. The second kappa shape index (κ2) is 4.42. The maximum absolute atomic E-state index is 10.3. The first-order valence-corrected chi connectivity index (χ1v) is 4.20. The van der Waals surface area contributed by atoms with Crippen molar-refractivity contribution in [1.82, 2.24) is 0 Å². The van der Waals surface area contributed by atoms with E-state index in [2.05, 4.69) is 0 Å². The summed E-state index contributed by atoms with van der Waals surface area (Å²) < 4.78 is 18.8. The van der Waals surface area contributed by atoms with Gasteiger partial charge in [-0.05, 0) is 13.3 Å². The number of carboxylic acids is 1. The lowest BCUT2D eigenvalue weighted by Gasteiger charge is -2.09. The molecule has 3 atom stereocenters. The van der Waals surface area contributed by atoms with Gasteiger partial charge in [0.05, 0.1) is 5.25 Å².